The Morgan fingerprint density at radius 2 is 1.66 bits per heavy atom. The maximum atomic E-state index is 13.5. The van der Waals surface area contributed by atoms with Crippen molar-refractivity contribution in [2.24, 2.45) is 0 Å². The number of nitrogens with one attached hydrogen (secondary N) is 1. The van der Waals surface area contributed by atoms with Crippen LogP contribution in [0.3, 0.4) is 0 Å². The fourth-order valence-corrected chi connectivity index (χ4v) is 4.02. The second kappa shape index (κ2) is 12.6. The Bertz CT molecular complexity index is 1150. The molecular formula is C28H30Cl2N2O3. The van der Waals surface area contributed by atoms with E-state index in [2.05, 4.69) is 5.32 Å². The summed E-state index contributed by atoms with van der Waals surface area (Å²) in [5.74, 6) is 0.0595. The summed E-state index contributed by atoms with van der Waals surface area (Å²) in [5, 5.41) is 3.78. The summed E-state index contributed by atoms with van der Waals surface area (Å²) in [5.41, 5.74) is 2.74. The van der Waals surface area contributed by atoms with Crippen molar-refractivity contribution < 1.29 is 14.3 Å². The maximum absolute atomic E-state index is 13.5. The quantitative estimate of drug-likeness (QED) is 0.370. The SMILES string of the molecule is Cc1cccc(OCC(=O)N(Cc2ccc(Cl)c(Cl)c2)[C@@H](Cc2ccccc2)C(=O)NC(C)C)c1. The van der Waals surface area contributed by atoms with Gasteiger partial charge in [0.2, 0.25) is 5.91 Å². The monoisotopic (exact) mass is 512 g/mol. The van der Waals surface area contributed by atoms with Crippen LogP contribution in [0.4, 0.5) is 0 Å². The highest BCUT2D eigenvalue weighted by Crippen LogP contribution is 2.24. The number of halogens is 2. The van der Waals surface area contributed by atoms with Gasteiger partial charge in [-0.05, 0) is 61.7 Å². The van der Waals surface area contributed by atoms with Gasteiger partial charge >= 0.3 is 0 Å². The minimum absolute atomic E-state index is 0.0776. The third kappa shape index (κ3) is 8.01. The van der Waals surface area contributed by atoms with E-state index in [1.54, 1.807) is 29.2 Å². The van der Waals surface area contributed by atoms with E-state index in [9.17, 15) is 9.59 Å². The molecule has 5 nitrogen and oxygen atoms in total. The van der Waals surface area contributed by atoms with Gasteiger partial charge in [-0.15, -0.1) is 0 Å². The summed E-state index contributed by atoms with van der Waals surface area (Å²) in [6.07, 6.45) is 0.358. The van der Waals surface area contributed by atoms with Crippen LogP contribution in [0.25, 0.3) is 0 Å². The molecule has 0 aromatic heterocycles. The molecule has 3 aromatic carbocycles. The molecule has 0 heterocycles. The topological polar surface area (TPSA) is 58.6 Å². The van der Waals surface area contributed by atoms with E-state index in [0.717, 1.165) is 16.7 Å². The highest BCUT2D eigenvalue weighted by atomic mass is 35.5. The molecule has 0 bridgehead atoms. The van der Waals surface area contributed by atoms with Crippen LogP contribution in [-0.2, 0) is 22.6 Å². The zero-order valence-electron chi connectivity index (χ0n) is 20.1. The zero-order valence-corrected chi connectivity index (χ0v) is 21.6. The largest absolute Gasteiger partial charge is 0.484 e. The summed E-state index contributed by atoms with van der Waals surface area (Å²) < 4.78 is 5.80. The molecule has 0 aliphatic rings. The second-order valence-corrected chi connectivity index (χ2v) is 9.56. The standard InChI is InChI=1S/C28H30Cl2N2O3/c1-19(2)31-28(34)26(16-21-9-5-4-6-10-21)32(17-22-12-13-24(29)25(30)15-22)27(33)18-35-23-11-7-8-20(3)14-23/h4-15,19,26H,16-18H2,1-3H3,(H,31,34)/t26-/m0/s1. The van der Waals surface area contributed by atoms with Crippen molar-refractivity contribution in [2.75, 3.05) is 6.61 Å². The fourth-order valence-electron chi connectivity index (χ4n) is 3.70. The van der Waals surface area contributed by atoms with Crippen molar-refractivity contribution in [3.8, 4) is 5.75 Å². The van der Waals surface area contributed by atoms with E-state index in [-0.39, 0.29) is 31.0 Å². The average Bonchev–Trinajstić information content (AvgIpc) is 2.82. The molecule has 3 aromatic rings. The molecule has 0 radical (unpaired) electrons. The molecule has 0 saturated heterocycles. The van der Waals surface area contributed by atoms with Gasteiger partial charge in [0.25, 0.3) is 5.91 Å². The molecule has 0 aliphatic carbocycles. The van der Waals surface area contributed by atoms with Gasteiger partial charge in [-0.3, -0.25) is 9.59 Å². The van der Waals surface area contributed by atoms with Crippen molar-refractivity contribution in [2.45, 2.75) is 45.8 Å². The summed E-state index contributed by atoms with van der Waals surface area (Å²) in [6.45, 7) is 5.71. The predicted molar refractivity (Wildman–Crippen MR) is 141 cm³/mol. The number of carbonyl (C=O) groups excluding carboxylic acids is 2. The number of nitrogens with zero attached hydrogens (tertiary/aromatic N) is 1. The number of hydrogen-bond donors (Lipinski definition) is 1. The van der Waals surface area contributed by atoms with Gasteiger partial charge in [-0.2, -0.15) is 0 Å². The van der Waals surface area contributed by atoms with Gasteiger partial charge in [-0.25, -0.2) is 0 Å². The third-order valence-electron chi connectivity index (χ3n) is 5.39. The first-order chi connectivity index (χ1) is 16.7. The van der Waals surface area contributed by atoms with Crippen LogP contribution in [-0.4, -0.2) is 35.4 Å². The Labute approximate surface area is 217 Å². The van der Waals surface area contributed by atoms with Crippen LogP contribution in [0.5, 0.6) is 5.75 Å². The van der Waals surface area contributed by atoms with Crippen LogP contribution < -0.4 is 10.1 Å². The Balaban J connectivity index is 1.93. The molecule has 184 valence electrons. The first-order valence-electron chi connectivity index (χ1n) is 11.5. The molecule has 3 rings (SSSR count). The first-order valence-corrected chi connectivity index (χ1v) is 12.3. The second-order valence-electron chi connectivity index (χ2n) is 8.74. The lowest BCUT2D eigenvalue weighted by molar-refractivity contribution is -0.143. The minimum Gasteiger partial charge on any atom is -0.484 e. The molecule has 1 N–H and O–H groups in total. The normalized spacial score (nSPS) is 11.7. The van der Waals surface area contributed by atoms with Crippen molar-refractivity contribution in [3.63, 3.8) is 0 Å². The number of carbonyl (C=O) groups is 2. The number of benzene rings is 3. The molecule has 7 heteroatoms. The number of amides is 2. The Morgan fingerprint density at radius 1 is 0.914 bits per heavy atom. The fraction of sp³-hybridized carbons (Fsp3) is 0.286. The van der Waals surface area contributed by atoms with E-state index >= 15 is 0 Å². The van der Waals surface area contributed by atoms with Crippen LogP contribution in [0, 0.1) is 6.92 Å². The van der Waals surface area contributed by atoms with E-state index in [4.69, 9.17) is 27.9 Å². The van der Waals surface area contributed by atoms with Gasteiger partial charge in [0.1, 0.15) is 11.8 Å². The number of aryl methyl sites for hydroxylation is 1. The molecule has 0 aliphatic heterocycles. The maximum Gasteiger partial charge on any atom is 0.261 e. The molecule has 0 fully saturated rings. The van der Waals surface area contributed by atoms with Crippen molar-refractivity contribution in [1.82, 2.24) is 10.2 Å². The Kier molecular flexibility index (Phi) is 9.58. The summed E-state index contributed by atoms with van der Waals surface area (Å²) in [4.78, 5) is 28.4. The molecule has 0 spiro atoms. The van der Waals surface area contributed by atoms with Crippen molar-refractivity contribution in [3.05, 3.63) is 99.5 Å². The summed E-state index contributed by atoms with van der Waals surface area (Å²) in [6, 6.07) is 21.5. The molecule has 0 unspecified atom stereocenters. The van der Waals surface area contributed by atoms with Crippen molar-refractivity contribution >= 4 is 35.0 Å². The molecule has 35 heavy (non-hydrogen) atoms. The van der Waals surface area contributed by atoms with Crippen LogP contribution in [0.2, 0.25) is 10.0 Å². The summed E-state index contributed by atoms with van der Waals surface area (Å²) >= 11 is 12.3. The number of rotatable bonds is 10. The average molecular weight is 513 g/mol. The lowest BCUT2D eigenvalue weighted by atomic mass is 10.0. The number of hydrogen-bond acceptors (Lipinski definition) is 3. The van der Waals surface area contributed by atoms with Crippen LogP contribution >= 0.6 is 23.2 Å². The zero-order chi connectivity index (χ0) is 25.4. The highest BCUT2D eigenvalue weighted by Gasteiger charge is 2.31. The smallest absolute Gasteiger partial charge is 0.261 e. The van der Waals surface area contributed by atoms with Crippen LogP contribution in [0.1, 0.15) is 30.5 Å². The third-order valence-corrected chi connectivity index (χ3v) is 6.13. The Hall–Kier alpha value is -3.02. The van der Waals surface area contributed by atoms with E-state index < -0.39 is 6.04 Å². The Morgan fingerprint density at radius 3 is 2.31 bits per heavy atom. The predicted octanol–water partition coefficient (Wildman–Crippen LogP) is 5.85. The van der Waals surface area contributed by atoms with E-state index in [1.165, 1.54) is 0 Å². The van der Waals surface area contributed by atoms with E-state index in [0.29, 0.717) is 22.2 Å². The van der Waals surface area contributed by atoms with Gasteiger partial charge in [-0.1, -0.05) is 71.7 Å². The highest BCUT2D eigenvalue weighted by molar-refractivity contribution is 6.42. The summed E-state index contributed by atoms with van der Waals surface area (Å²) in [7, 11) is 0. The molecular weight excluding hydrogens is 483 g/mol. The molecule has 2 amide bonds. The van der Waals surface area contributed by atoms with Gasteiger partial charge in [0.05, 0.1) is 10.0 Å². The van der Waals surface area contributed by atoms with Crippen molar-refractivity contribution in [1.29, 1.82) is 0 Å². The van der Waals surface area contributed by atoms with Gasteiger partial charge in [0.15, 0.2) is 6.61 Å². The van der Waals surface area contributed by atoms with Crippen LogP contribution in [0.15, 0.2) is 72.8 Å². The van der Waals surface area contributed by atoms with Gasteiger partial charge in [0, 0.05) is 19.0 Å². The molecule has 0 saturated carbocycles. The lowest BCUT2D eigenvalue weighted by Gasteiger charge is -2.32. The lowest BCUT2D eigenvalue weighted by Crippen LogP contribution is -2.52. The van der Waals surface area contributed by atoms with Gasteiger partial charge < -0.3 is 15.0 Å². The molecule has 1 atom stereocenters. The number of ether oxygens (including phenoxy) is 1. The first kappa shape index (κ1) is 26.6. The minimum atomic E-state index is -0.747. The van der Waals surface area contributed by atoms with E-state index in [1.807, 2.05) is 69.3 Å².